The Labute approximate surface area is 128 Å². The summed E-state index contributed by atoms with van der Waals surface area (Å²) in [5, 5.41) is 12.7. The summed E-state index contributed by atoms with van der Waals surface area (Å²) >= 11 is 5.08. The lowest BCUT2D eigenvalue weighted by molar-refractivity contribution is 0.464. The number of nitrogens with two attached hydrogens (primary N) is 1. The molecule has 0 spiro atoms. The van der Waals surface area contributed by atoms with Crippen LogP contribution < -0.4 is 5.73 Å². The zero-order valence-corrected chi connectivity index (χ0v) is 12.9. The van der Waals surface area contributed by atoms with Crippen molar-refractivity contribution in [2.24, 2.45) is 5.73 Å². The van der Waals surface area contributed by atoms with Gasteiger partial charge in [0, 0.05) is 17.0 Å². The third kappa shape index (κ3) is 2.65. The summed E-state index contributed by atoms with van der Waals surface area (Å²) in [7, 11) is 0. The highest BCUT2D eigenvalue weighted by molar-refractivity contribution is 9.11. The summed E-state index contributed by atoms with van der Waals surface area (Å²) in [4.78, 5) is 2.69. The van der Waals surface area contributed by atoms with E-state index in [1.807, 2.05) is 42.5 Å². The van der Waals surface area contributed by atoms with Gasteiger partial charge in [-0.1, -0.05) is 30.3 Å². The zero-order valence-electron chi connectivity index (χ0n) is 10.5. The second-order valence-corrected chi connectivity index (χ2v) is 6.69. The molecule has 0 bridgehead atoms. The van der Waals surface area contributed by atoms with Gasteiger partial charge in [0.1, 0.15) is 6.04 Å². The first kappa shape index (κ1) is 13.4. The summed E-state index contributed by atoms with van der Waals surface area (Å²) < 4.78 is 1.06. The largest absolute Gasteiger partial charge is 0.328 e. The van der Waals surface area contributed by atoms with E-state index in [2.05, 4.69) is 31.3 Å². The highest BCUT2D eigenvalue weighted by Gasteiger charge is 2.18. The molecule has 1 unspecified atom stereocenters. The minimum atomic E-state index is -0.0868. The van der Waals surface area contributed by atoms with Crippen molar-refractivity contribution in [3.63, 3.8) is 0 Å². The van der Waals surface area contributed by atoms with Gasteiger partial charge in [-0.3, -0.25) is 0 Å². The van der Waals surface area contributed by atoms with Crippen LogP contribution in [0.3, 0.4) is 0 Å². The number of hydrogen-bond donors (Lipinski definition) is 1. The number of aromatic nitrogens is 4. The van der Waals surface area contributed by atoms with Crippen LogP contribution in [0, 0.1) is 0 Å². The Morgan fingerprint density at radius 1 is 1.20 bits per heavy atom. The average Bonchev–Trinajstić information content (AvgIpc) is 3.11. The van der Waals surface area contributed by atoms with Crippen LogP contribution in [0.4, 0.5) is 0 Å². The van der Waals surface area contributed by atoms with Gasteiger partial charge in [-0.05, 0) is 33.3 Å². The molecule has 1 atom stereocenters. The Hall–Kier alpha value is -1.57. The van der Waals surface area contributed by atoms with E-state index >= 15 is 0 Å². The predicted molar refractivity (Wildman–Crippen MR) is 82.5 cm³/mol. The van der Waals surface area contributed by atoms with E-state index in [4.69, 9.17) is 5.73 Å². The fourth-order valence-corrected chi connectivity index (χ4v) is 3.41. The zero-order chi connectivity index (χ0) is 13.9. The lowest BCUT2D eigenvalue weighted by Crippen LogP contribution is -2.21. The molecular formula is C13H12BrN5S. The average molecular weight is 350 g/mol. The molecule has 3 rings (SSSR count). The Morgan fingerprint density at radius 2 is 2.00 bits per heavy atom. The van der Waals surface area contributed by atoms with Crippen LogP contribution in [-0.4, -0.2) is 26.8 Å². The fraction of sp³-hybridized carbons (Fsp3) is 0.154. The Morgan fingerprint density at radius 3 is 2.65 bits per heavy atom. The molecule has 0 radical (unpaired) electrons. The summed E-state index contributed by atoms with van der Waals surface area (Å²) in [6.45, 7) is 0.428. The maximum absolute atomic E-state index is 5.86. The quantitative estimate of drug-likeness (QED) is 0.786. The molecule has 0 amide bonds. The number of nitrogens with zero attached hydrogens (tertiary/aromatic N) is 4. The fourth-order valence-electron chi connectivity index (χ4n) is 1.89. The van der Waals surface area contributed by atoms with Crippen molar-refractivity contribution in [3.8, 4) is 11.4 Å². The first-order valence-electron chi connectivity index (χ1n) is 6.08. The van der Waals surface area contributed by atoms with Gasteiger partial charge in [0.25, 0.3) is 0 Å². The molecule has 2 N–H and O–H groups in total. The van der Waals surface area contributed by atoms with Gasteiger partial charge < -0.3 is 5.73 Å². The Bertz CT molecular complexity index is 694. The molecular weight excluding hydrogens is 338 g/mol. The van der Waals surface area contributed by atoms with Crippen molar-refractivity contribution in [2.45, 2.75) is 6.04 Å². The number of rotatable bonds is 4. The molecule has 2 aromatic heterocycles. The molecule has 0 saturated heterocycles. The lowest BCUT2D eigenvalue weighted by atomic mass is 10.2. The van der Waals surface area contributed by atoms with Gasteiger partial charge in [0.05, 0.1) is 3.79 Å². The number of tetrazole rings is 1. The second kappa shape index (κ2) is 5.82. The smallest absolute Gasteiger partial charge is 0.204 e. The van der Waals surface area contributed by atoms with Crippen LogP contribution in [0.2, 0.25) is 0 Å². The highest BCUT2D eigenvalue weighted by atomic mass is 79.9. The molecule has 1 aromatic carbocycles. The van der Waals surface area contributed by atoms with E-state index in [0.29, 0.717) is 12.4 Å². The normalized spacial score (nSPS) is 12.5. The third-order valence-corrected chi connectivity index (χ3v) is 4.61. The Kier molecular flexibility index (Phi) is 3.90. The number of thiophene rings is 1. The van der Waals surface area contributed by atoms with Crippen LogP contribution >= 0.6 is 27.3 Å². The number of benzene rings is 1. The number of hydrogen-bond acceptors (Lipinski definition) is 5. The van der Waals surface area contributed by atoms with Gasteiger partial charge in [0.2, 0.25) is 5.82 Å². The molecule has 2 heterocycles. The number of halogens is 1. The maximum Gasteiger partial charge on any atom is 0.204 e. The summed E-state index contributed by atoms with van der Waals surface area (Å²) in [6, 6.07) is 13.7. The van der Waals surface area contributed by atoms with Crippen molar-refractivity contribution in [3.05, 3.63) is 51.1 Å². The third-order valence-electron chi connectivity index (χ3n) is 2.88. The molecule has 0 aliphatic heterocycles. The van der Waals surface area contributed by atoms with E-state index in [1.165, 1.54) is 0 Å². The Balaban J connectivity index is 1.92. The van der Waals surface area contributed by atoms with Crippen molar-refractivity contribution >= 4 is 27.3 Å². The molecule has 102 valence electrons. The lowest BCUT2D eigenvalue weighted by Gasteiger charge is -2.10. The molecule has 0 fully saturated rings. The minimum Gasteiger partial charge on any atom is -0.328 e. The van der Waals surface area contributed by atoms with Crippen LogP contribution in [0.1, 0.15) is 10.9 Å². The van der Waals surface area contributed by atoms with Crippen LogP contribution in [0.25, 0.3) is 11.4 Å². The minimum absolute atomic E-state index is 0.0868. The summed E-state index contributed by atoms with van der Waals surface area (Å²) in [6.07, 6.45) is 0. The first-order chi connectivity index (χ1) is 9.78. The molecule has 0 aliphatic carbocycles. The molecule has 3 aromatic rings. The molecule has 5 nitrogen and oxygen atoms in total. The van der Waals surface area contributed by atoms with Gasteiger partial charge in [-0.15, -0.1) is 21.5 Å². The van der Waals surface area contributed by atoms with Crippen LogP contribution in [0.5, 0.6) is 0 Å². The van der Waals surface area contributed by atoms with Crippen molar-refractivity contribution in [1.29, 1.82) is 0 Å². The van der Waals surface area contributed by atoms with Gasteiger partial charge in [-0.2, -0.15) is 4.80 Å². The van der Waals surface area contributed by atoms with E-state index in [0.717, 1.165) is 14.2 Å². The van der Waals surface area contributed by atoms with Crippen molar-refractivity contribution in [2.75, 3.05) is 6.54 Å². The van der Waals surface area contributed by atoms with E-state index < -0.39 is 0 Å². The molecule has 7 heteroatoms. The van der Waals surface area contributed by atoms with Crippen LogP contribution in [0.15, 0.2) is 46.3 Å². The monoisotopic (exact) mass is 349 g/mol. The molecule has 0 saturated carbocycles. The van der Waals surface area contributed by atoms with Gasteiger partial charge >= 0.3 is 0 Å². The highest BCUT2D eigenvalue weighted by Crippen LogP contribution is 2.28. The topological polar surface area (TPSA) is 69.6 Å². The van der Waals surface area contributed by atoms with Gasteiger partial charge in [0.15, 0.2) is 0 Å². The maximum atomic E-state index is 5.86. The second-order valence-electron chi connectivity index (χ2n) is 4.19. The SMILES string of the molecule is NCC(c1ccc(Br)s1)n1nnc(-c2ccccc2)n1. The van der Waals surface area contributed by atoms with Gasteiger partial charge in [-0.25, -0.2) is 0 Å². The predicted octanol–water partition coefficient (Wildman–Crippen LogP) is 2.71. The molecule has 0 aliphatic rings. The standard InChI is InChI=1S/C13H12BrN5S/c14-12-7-6-11(20-12)10(8-15)19-17-13(16-18-19)9-4-2-1-3-5-9/h1-7,10H,8,15H2. The molecule has 20 heavy (non-hydrogen) atoms. The van der Waals surface area contributed by atoms with E-state index in [9.17, 15) is 0 Å². The van der Waals surface area contributed by atoms with Crippen molar-refractivity contribution in [1.82, 2.24) is 20.2 Å². The van der Waals surface area contributed by atoms with E-state index in [-0.39, 0.29) is 6.04 Å². The van der Waals surface area contributed by atoms with E-state index in [1.54, 1.807) is 16.1 Å². The summed E-state index contributed by atoms with van der Waals surface area (Å²) in [5.41, 5.74) is 6.80. The van der Waals surface area contributed by atoms with Crippen LogP contribution in [-0.2, 0) is 0 Å². The summed E-state index contributed by atoms with van der Waals surface area (Å²) in [5.74, 6) is 0.611. The van der Waals surface area contributed by atoms with Crippen molar-refractivity contribution < 1.29 is 0 Å². The first-order valence-corrected chi connectivity index (χ1v) is 7.69.